The van der Waals surface area contributed by atoms with Crippen LogP contribution in [0.1, 0.15) is 46.1 Å². The number of ether oxygens (including phenoxy) is 1. The summed E-state index contributed by atoms with van der Waals surface area (Å²) in [5.41, 5.74) is 1.11. The number of rotatable bonds is 4. The average Bonchev–Trinajstić information content (AvgIpc) is 3.05. The lowest BCUT2D eigenvalue weighted by Crippen LogP contribution is -2.52. The molecule has 9 heteroatoms. The second-order valence-electron chi connectivity index (χ2n) is 8.13. The van der Waals surface area contributed by atoms with Gasteiger partial charge in [0.05, 0.1) is 18.5 Å². The van der Waals surface area contributed by atoms with Crippen molar-refractivity contribution in [2.24, 2.45) is 0 Å². The van der Waals surface area contributed by atoms with Gasteiger partial charge in [-0.1, -0.05) is 32.9 Å². The van der Waals surface area contributed by atoms with Gasteiger partial charge in [-0.2, -0.15) is 5.10 Å². The van der Waals surface area contributed by atoms with Crippen LogP contribution in [-0.2, 0) is 10.2 Å². The molecule has 2 aromatic rings. The Balaban J connectivity index is 1.86. The summed E-state index contributed by atoms with van der Waals surface area (Å²) in [4.78, 5) is 24.6. The first-order valence-electron chi connectivity index (χ1n) is 9.54. The minimum Gasteiger partial charge on any atom is -0.495 e. The largest absolute Gasteiger partial charge is 0.495 e. The lowest BCUT2D eigenvalue weighted by molar-refractivity contribution is -0.125. The van der Waals surface area contributed by atoms with Crippen LogP contribution in [0.4, 0.5) is 16.3 Å². The van der Waals surface area contributed by atoms with Crippen molar-refractivity contribution in [2.75, 3.05) is 17.7 Å². The molecule has 0 radical (unpaired) electrons. The molecule has 1 saturated heterocycles. The summed E-state index contributed by atoms with van der Waals surface area (Å²) in [5, 5.41) is 16.4. The van der Waals surface area contributed by atoms with Crippen molar-refractivity contribution in [3.05, 3.63) is 36.0 Å². The maximum atomic E-state index is 12.6. The Hall–Kier alpha value is -3.07. The minimum atomic E-state index is -0.552. The van der Waals surface area contributed by atoms with Crippen LogP contribution in [0.2, 0.25) is 0 Å². The number of methoxy groups -OCH3 is 1. The highest BCUT2D eigenvalue weighted by molar-refractivity contribution is 6.00. The maximum absolute atomic E-state index is 12.6. The molecule has 1 aliphatic rings. The molecule has 3 amide bonds. The van der Waals surface area contributed by atoms with Crippen LogP contribution in [0.5, 0.6) is 5.75 Å². The third-order valence-corrected chi connectivity index (χ3v) is 4.58. The number of carbonyl (C=O) groups excluding carboxylic acids is 2. The van der Waals surface area contributed by atoms with Gasteiger partial charge in [-0.05, 0) is 19.1 Å². The number of urea groups is 1. The van der Waals surface area contributed by atoms with Crippen LogP contribution in [-0.4, -0.2) is 34.9 Å². The molecule has 29 heavy (non-hydrogen) atoms. The first-order valence-corrected chi connectivity index (χ1v) is 9.54. The van der Waals surface area contributed by atoms with E-state index in [0.29, 0.717) is 23.7 Å². The van der Waals surface area contributed by atoms with Gasteiger partial charge >= 0.3 is 6.03 Å². The van der Waals surface area contributed by atoms with Gasteiger partial charge in [0.2, 0.25) is 5.91 Å². The molecule has 156 valence electrons. The molecule has 1 aromatic heterocycles. The third-order valence-electron chi connectivity index (χ3n) is 4.58. The number of para-hydroxylation sites is 2. The highest BCUT2D eigenvalue weighted by Gasteiger charge is 2.29. The van der Waals surface area contributed by atoms with Gasteiger partial charge in [0.15, 0.2) is 6.29 Å². The lowest BCUT2D eigenvalue weighted by Gasteiger charge is -2.30. The Morgan fingerprint density at radius 1 is 1.28 bits per heavy atom. The van der Waals surface area contributed by atoms with E-state index in [1.54, 1.807) is 23.9 Å². The molecule has 1 aliphatic heterocycles. The Kier molecular flexibility index (Phi) is 5.78. The van der Waals surface area contributed by atoms with Crippen LogP contribution in [0.15, 0.2) is 30.3 Å². The van der Waals surface area contributed by atoms with Crippen molar-refractivity contribution < 1.29 is 14.3 Å². The van der Waals surface area contributed by atoms with Gasteiger partial charge in [0.1, 0.15) is 11.6 Å². The quantitative estimate of drug-likeness (QED) is 0.631. The van der Waals surface area contributed by atoms with Crippen LogP contribution in [0, 0.1) is 0 Å². The van der Waals surface area contributed by atoms with E-state index in [1.165, 1.54) is 0 Å². The number of hydrogen-bond acceptors (Lipinski definition) is 5. The van der Waals surface area contributed by atoms with Gasteiger partial charge in [-0.3, -0.25) is 15.4 Å². The predicted molar refractivity (Wildman–Crippen MR) is 111 cm³/mol. The zero-order valence-electron chi connectivity index (χ0n) is 17.4. The summed E-state index contributed by atoms with van der Waals surface area (Å²) in [6.07, 6.45) is -0.162. The van der Waals surface area contributed by atoms with E-state index < -0.39 is 12.3 Å². The molecule has 0 bridgehead atoms. The summed E-state index contributed by atoms with van der Waals surface area (Å²) < 4.78 is 6.86. The number of benzene rings is 1. The lowest BCUT2D eigenvalue weighted by atomic mass is 9.92. The summed E-state index contributed by atoms with van der Waals surface area (Å²) in [6.45, 7) is 8.04. The monoisotopic (exact) mass is 400 g/mol. The molecule has 2 unspecified atom stereocenters. The number of amides is 3. The first kappa shape index (κ1) is 20.7. The second-order valence-corrected chi connectivity index (χ2v) is 8.13. The summed E-state index contributed by atoms with van der Waals surface area (Å²) in [5.74, 6) is 0.953. The molecule has 1 fully saturated rings. The Labute approximate surface area is 170 Å². The van der Waals surface area contributed by atoms with Crippen molar-refractivity contribution in [1.29, 1.82) is 0 Å². The molecule has 9 nitrogen and oxygen atoms in total. The number of carbonyl (C=O) groups is 2. The highest BCUT2D eigenvalue weighted by Crippen LogP contribution is 2.27. The number of nitrogens with one attached hydrogen (secondary N) is 4. The second kappa shape index (κ2) is 8.12. The maximum Gasteiger partial charge on any atom is 0.324 e. The molecule has 1 aromatic carbocycles. The van der Waals surface area contributed by atoms with Gasteiger partial charge in [-0.25, -0.2) is 9.48 Å². The van der Waals surface area contributed by atoms with Crippen molar-refractivity contribution in [1.82, 2.24) is 20.4 Å². The van der Waals surface area contributed by atoms with E-state index in [9.17, 15) is 9.59 Å². The molecular weight excluding hydrogens is 372 g/mol. The highest BCUT2D eigenvalue weighted by atomic mass is 16.5. The van der Waals surface area contributed by atoms with E-state index in [1.807, 2.05) is 45.9 Å². The Bertz CT molecular complexity index is 902. The van der Waals surface area contributed by atoms with Crippen LogP contribution >= 0.6 is 0 Å². The topological polar surface area (TPSA) is 109 Å². The molecule has 0 spiro atoms. The van der Waals surface area contributed by atoms with Gasteiger partial charge in [0.25, 0.3) is 0 Å². The standard InChI is InChI=1S/C20H28N6O3/c1-12-10-17(27)24-18(21-12)26-16(11-15(25-26)20(2,3)4)23-19(28)22-13-8-6-7-9-14(13)29-5/h6-9,11-12,18,21H,10H2,1-5H3,(H,24,27)(H2,22,23,28). The predicted octanol–water partition coefficient (Wildman–Crippen LogP) is 2.79. The normalized spacial score (nSPS) is 19.4. The number of aromatic nitrogens is 2. The molecule has 2 atom stereocenters. The molecule has 0 aliphatic carbocycles. The van der Waals surface area contributed by atoms with E-state index in [0.717, 1.165) is 5.69 Å². The van der Waals surface area contributed by atoms with Gasteiger partial charge in [0, 0.05) is 23.9 Å². The first-order chi connectivity index (χ1) is 13.7. The van der Waals surface area contributed by atoms with Crippen molar-refractivity contribution >= 4 is 23.4 Å². The van der Waals surface area contributed by atoms with Gasteiger partial charge < -0.3 is 15.4 Å². The molecule has 2 heterocycles. The van der Waals surface area contributed by atoms with Crippen molar-refractivity contribution in [2.45, 2.75) is 51.9 Å². The zero-order chi connectivity index (χ0) is 21.2. The third kappa shape index (κ3) is 4.86. The van der Waals surface area contributed by atoms with E-state index in [-0.39, 0.29) is 17.4 Å². The molecule has 4 N–H and O–H groups in total. The van der Waals surface area contributed by atoms with E-state index in [4.69, 9.17) is 4.74 Å². The fourth-order valence-electron chi connectivity index (χ4n) is 3.06. The summed E-state index contributed by atoms with van der Waals surface area (Å²) in [7, 11) is 1.54. The van der Waals surface area contributed by atoms with Crippen LogP contribution in [0.3, 0.4) is 0 Å². The molecular formula is C20H28N6O3. The zero-order valence-corrected chi connectivity index (χ0v) is 17.4. The van der Waals surface area contributed by atoms with Crippen molar-refractivity contribution in [3.63, 3.8) is 0 Å². The van der Waals surface area contributed by atoms with Gasteiger partial charge in [-0.15, -0.1) is 0 Å². The Morgan fingerprint density at radius 2 is 2.00 bits per heavy atom. The number of hydrogen-bond donors (Lipinski definition) is 4. The molecule has 0 saturated carbocycles. The fraction of sp³-hybridized carbons (Fsp3) is 0.450. The minimum absolute atomic E-state index is 0.00806. The SMILES string of the molecule is COc1ccccc1NC(=O)Nc1cc(C(C)(C)C)nn1C1NC(=O)CC(C)N1. The fourth-order valence-corrected chi connectivity index (χ4v) is 3.06. The Morgan fingerprint density at radius 3 is 2.66 bits per heavy atom. The van der Waals surface area contributed by atoms with Crippen molar-refractivity contribution in [3.8, 4) is 5.75 Å². The summed E-state index contributed by atoms with van der Waals surface area (Å²) in [6, 6.07) is 8.52. The van der Waals surface area contributed by atoms with E-state index in [2.05, 4.69) is 26.4 Å². The number of anilines is 2. The number of nitrogens with zero attached hydrogens (tertiary/aromatic N) is 2. The summed E-state index contributed by atoms with van der Waals surface area (Å²) >= 11 is 0. The van der Waals surface area contributed by atoms with Crippen LogP contribution < -0.4 is 26.0 Å². The molecule has 3 rings (SSSR count). The smallest absolute Gasteiger partial charge is 0.324 e. The van der Waals surface area contributed by atoms with Crippen LogP contribution in [0.25, 0.3) is 0 Å². The average molecular weight is 400 g/mol. The van der Waals surface area contributed by atoms with E-state index >= 15 is 0 Å².